The summed E-state index contributed by atoms with van der Waals surface area (Å²) in [5.41, 5.74) is 0. The third kappa shape index (κ3) is 4.63. The quantitative estimate of drug-likeness (QED) is 0.701. The first kappa shape index (κ1) is 12.5. The SMILES string of the molecule is CC(C#N)CN(C)CC1CCN(C)CC1. The van der Waals surface area contributed by atoms with E-state index in [-0.39, 0.29) is 5.92 Å². The topological polar surface area (TPSA) is 30.3 Å². The van der Waals surface area contributed by atoms with Gasteiger partial charge in [0, 0.05) is 13.1 Å². The summed E-state index contributed by atoms with van der Waals surface area (Å²) in [7, 11) is 4.32. The van der Waals surface area contributed by atoms with E-state index in [1.54, 1.807) is 0 Å². The van der Waals surface area contributed by atoms with Crippen molar-refractivity contribution in [3.05, 3.63) is 0 Å². The highest BCUT2D eigenvalue weighted by atomic mass is 15.1. The van der Waals surface area contributed by atoms with Crippen molar-refractivity contribution in [2.24, 2.45) is 11.8 Å². The minimum atomic E-state index is 0.154. The van der Waals surface area contributed by atoms with Gasteiger partial charge in [-0.15, -0.1) is 0 Å². The molecule has 1 saturated heterocycles. The molecule has 0 bridgehead atoms. The second kappa shape index (κ2) is 6.09. The zero-order chi connectivity index (χ0) is 11.3. The molecule has 3 heteroatoms. The molecule has 1 aliphatic rings. The molecule has 0 aliphatic carbocycles. The normalized spacial score (nSPS) is 21.5. The van der Waals surface area contributed by atoms with Gasteiger partial charge in [0.2, 0.25) is 0 Å². The van der Waals surface area contributed by atoms with Crippen LogP contribution in [0.4, 0.5) is 0 Å². The predicted octanol–water partition coefficient (Wildman–Crippen LogP) is 1.42. The summed E-state index contributed by atoms with van der Waals surface area (Å²) in [6, 6.07) is 2.29. The molecule has 1 aliphatic heterocycles. The van der Waals surface area contributed by atoms with E-state index in [0.717, 1.165) is 19.0 Å². The first-order valence-corrected chi connectivity index (χ1v) is 5.88. The van der Waals surface area contributed by atoms with E-state index in [1.807, 2.05) is 6.92 Å². The minimum Gasteiger partial charge on any atom is -0.306 e. The molecule has 3 nitrogen and oxygen atoms in total. The number of hydrogen-bond acceptors (Lipinski definition) is 3. The van der Waals surface area contributed by atoms with Crippen LogP contribution in [0.15, 0.2) is 0 Å². The molecule has 0 aromatic carbocycles. The summed E-state index contributed by atoms with van der Waals surface area (Å²) in [6.07, 6.45) is 2.61. The Hall–Kier alpha value is -0.590. The van der Waals surface area contributed by atoms with Crippen molar-refractivity contribution in [1.82, 2.24) is 9.80 Å². The van der Waals surface area contributed by atoms with E-state index in [4.69, 9.17) is 5.26 Å². The molecule has 0 N–H and O–H groups in total. The Kier molecular flexibility index (Phi) is 5.07. The number of nitriles is 1. The zero-order valence-corrected chi connectivity index (χ0v) is 10.2. The van der Waals surface area contributed by atoms with Gasteiger partial charge in [0.05, 0.1) is 12.0 Å². The van der Waals surface area contributed by atoms with Crippen LogP contribution in [0.3, 0.4) is 0 Å². The Balaban J connectivity index is 2.21. The molecular weight excluding hydrogens is 186 g/mol. The number of likely N-dealkylation sites (tertiary alicyclic amines) is 1. The molecule has 1 heterocycles. The van der Waals surface area contributed by atoms with Crippen LogP contribution >= 0.6 is 0 Å². The third-order valence-electron chi connectivity index (χ3n) is 3.21. The molecule has 1 rings (SSSR count). The Morgan fingerprint density at radius 1 is 1.47 bits per heavy atom. The molecular formula is C12H23N3. The van der Waals surface area contributed by atoms with Crippen molar-refractivity contribution >= 4 is 0 Å². The Labute approximate surface area is 93.7 Å². The van der Waals surface area contributed by atoms with Gasteiger partial charge in [-0.2, -0.15) is 5.26 Å². The predicted molar refractivity (Wildman–Crippen MR) is 62.5 cm³/mol. The number of nitrogens with zero attached hydrogens (tertiary/aromatic N) is 3. The van der Waals surface area contributed by atoms with E-state index in [9.17, 15) is 0 Å². The molecule has 0 aromatic rings. The smallest absolute Gasteiger partial charge is 0.0666 e. The van der Waals surface area contributed by atoms with Crippen molar-refractivity contribution in [3.8, 4) is 6.07 Å². The second-order valence-corrected chi connectivity index (χ2v) is 5.00. The highest BCUT2D eigenvalue weighted by Gasteiger charge is 2.18. The molecule has 0 amide bonds. The van der Waals surface area contributed by atoms with Gasteiger partial charge < -0.3 is 9.80 Å². The third-order valence-corrected chi connectivity index (χ3v) is 3.21. The molecule has 1 unspecified atom stereocenters. The lowest BCUT2D eigenvalue weighted by molar-refractivity contribution is 0.172. The molecule has 1 atom stereocenters. The molecule has 0 saturated carbocycles. The van der Waals surface area contributed by atoms with Crippen LogP contribution in [0.1, 0.15) is 19.8 Å². The van der Waals surface area contributed by atoms with Gasteiger partial charge in [-0.3, -0.25) is 0 Å². The fourth-order valence-corrected chi connectivity index (χ4v) is 2.27. The average Bonchev–Trinajstić information content (AvgIpc) is 2.21. The van der Waals surface area contributed by atoms with E-state index < -0.39 is 0 Å². The number of rotatable bonds is 4. The second-order valence-electron chi connectivity index (χ2n) is 5.00. The van der Waals surface area contributed by atoms with Gasteiger partial charge in [-0.1, -0.05) is 0 Å². The molecule has 0 aromatic heterocycles. The molecule has 15 heavy (non-hydrogen) atoms. The summed E-state index contributed by atoms with van der Waals surface area (Å²) in [5.74, 6) is 0.985. The highest BCUT2D eigenvalue weighted by molar-refractivity contribution is 4.81. The first-order chi connectivity index (χ1) is 7.11. The van der Waals surface area contributed by atoms with Gasteiger partial charge in [0.25, 0.3) is 0 Å². The largest absolute Gasteiger partial charge is 0.306 e. The van der Waals surface area contributed by atoms with Crippen molar-refractivity contribution < 1.29 is 0 Å². The van der Waals surface area contributed by atoms with Gasteiger partial charge in [0.1, 0.15) is 0 Å². The maximum absolute atomic E-state index is 8.74. The van der Waals surface area contributed by atoms with Gasteiger partial charge in [0.15, 0.2) is 0 Å². The van der Waals surface area contributed by atoms with Crippen molar-refractivity contribution in [1.29, 1.82) is 5.26 Å². The van der Waals surface area contributed by atoms with Gasteiger partial charge >= 0.3 is 0 Å². The van der Waals surface area contributed by atoms with E-state index in [0.29, 0.717) is 0 Å². The van der Waals surface area contributed by atoms with Crippen LogP contribution in [0, 0.1) is 23.2 Å². The standard InChI is InChI=1S/C12H23N3/c1-11(8-13)9-15(3)10-12-4-6-14(2)7-5-12/h11-12H,4-7,9-10H2,1-3H3. The molecule has 0 radical (unpaired) electrons. The zero-order valence-electron chi connectivity index (χ0n) is 10.2. The van der Waals surface area contributed by atoms with Crippen molar-refractivity contribution in [3.63, 3.8) is 0 Å². The van der Waals surface area contributed by atoms with E-state index in [1.165, 1.54) is 25.9 Å². The summed E-state index contributed by atoms with van der Waals surface area (Å²) in [4.78, 5) is 4.71. The first-order valence-electron chi connectivity index (χ1n) is 5.88. The summed E-state index contributed by atoms with van der Waals surface area (Å²) in [5, 5.41) is 8.74. The number of hydrogen-bond donors (Lipinski definition) is 0. The van der Waals surface area contributed by atoms with Crippen LogP contribution in [0.2, 0.25) is 0 Å². The molecule has 0 spiro atoms. The van der Waals surface area contributed by atoms with Crippen LogP contribution in [-0.2, 0) is 0 Å². The Morgan fingerprint density at radius 2 is 2.07 bits per heavy atom. The Morgan fingerprint density at radius 3 is 2.60 bits per heavy atom. The lowest BCUT2D eigenvalue weighted by Crippen LogP contribution is -2.36. The van der Waals surface area contributed by atoms with Crippen LogP contribution in [0.25, 0.3) is 0 Å². The summed E-state index contributed by atoms with van der Waals surface area (Å²) >= 11 is 0. The highest BCUT2D eigenvalue weighted by Crippen LogP contribution is 2.17. The minimum absolute atomic E-state index is 0.154. The Bertz CT molecular complexity index is 213. The van der Waals surface area contributed by atoms with Gasteiger partial charge in [-0.25, -0.2) is 0 Å². The van der Waals surface area contributed by atoms with Gasteiger partial charge in [-0.05, 0) is 52.9 Å². The lowest BCUT2D eigenvalue weighted by Gasteiger charge is -2.31. The lowest BCUT2D eigenvalue weighted by atomic mass is 9.96. The summed E-state index contributed by atoms with van der Waals surface area (Å²) < 4.78 is 0. The maximum atomic E-state index is 8.74. The van der Waals surface area contributed by atoms with E-state index >= 15 is 0 Å². The van der Waals surface area contributed by atoms with Crippen molar-refractivity contribution in [2.45, 2.75) is 19.8 Å². The van der Waals surface area contributed by atoms with Crippen molar-refractivity contribution in [2.75, 3.05) is 40.3 Å². The van der Waals surface area contributed by atoms with Crippen LogP contribution in [-0.4, -0.2) is 50.1 Å². The fourth-order valence-electron chi connectivity index (χ4n) is 2.27. The van der Waals surface area contributed by atoms with E-state index in [2.05, 4.69) is 30.0 Å². The molecule has 86 valence electrons. The maximum Gasteiger partial charge on any atom is 0.0666 e. The fraction of sp³-hybridized carbons (Fsp3) is 0.917. The van der Waals surface area contributed by atoms with Crippen LogP contribution < -0.4 is 0 Å². The monoisotopic (exact) mass is 209 g/mol. The van der Waals surface area contributed by atoms with Crippen LogP contribution in [0.5, 0.6) is 0 Å². The average molecular weight is 209 g/mol. The summed E-state index contributed by atoms with van der Waals surface area (Å²) in [6.45, 7) is 6.51. The number of piperidine rings is 1. The molecule has 1 fully saturated rings.